The molecule has 0 unspecified atom stereocenters. The molecule has 0 spiro atoms. The Labute approximate surface area is 175 Å². The molecule has 154 valence electrons. The zero-order chi connectivity index (χ0) is 21.1. The van der Waals surface area contributed by atoms with Crippen LogP contribution in [-0.4, -0.2) is 40.0 Å². The van der Waals surface area contributed by atoms with Crippen LogP contribution in [0, 0.1) is 11.6 Å². The quantitative estimate of drug-likeness (QED) is 0.679. The van der Waals surface area contributed by atoms with Crippen LogP contribution in [0.25, 0.3) is 0 Å². The summed E-state index contributed by atoms with van der Waals surface area (Å²) in [4.78, 5) is 26.7. The number of benzene rings is 2. The molecule has 2 amide bonds. The van der Waals surface area contributed by atoms with E-state index >= 15 is 0 Å². The van der Waals surface area contributed by atoms with Crippen LogP contribution < -0.4 is 5.32 Å². The number of hydrogen-bond donors (Lipinski definition) is 1. The molecular formula is C21H18F2N4O2S. The van der Waals surface area contributed by atoms with Crippen LogP contribution in [0.5, 0.6) is 0 Å². The van der Waals surface area contributed by atoms with Gasteiger partial charge in [0.25, 0.3) is 11.8 Å². The van der Waals surface area contributed by atoms with E-state index in [1.807, 2.05) is 0 Å². The molecule has 6 nitrogen and oxygen atoms in total. The van der Waals surface area contributed by atoms with Crippen molar-refractivity contribution in [1.29, 1.82) is 0 Å². The fourth-order valence-electron chi connectivity index (χ4n) is 3.41. The first-order valence-electron chi connectivity index (χ1n) is 9.45. The third-order valence-electron chi connectivity index (χ3n) is 4.88. The fourth-order valence-corrected chi connectivity index (χ4v) is 4.27. The Bertz CT molecular complexity index is 1090. The van der Waals surface area contributed by atoms with Crippen molar-refractivity contribution in [3.63, 3.8) is 0 Å². The maximum atomic E-state index is 14.0. The molecule has 9 heteroatoms. The van der Waals surface area contributed by atoms with Gasteiger partial charge in [-0.3, -0.25) is 9.59 Å². The summed E-state index contributed by atoms with van der Waals surface area (Å²) in [5.74, 6) is -1.90. The lowest BCUT2D eigenvalue weighted by molar-refractivity contribution is 0.0702. The van der Waals surface area contributed by atoms with Gasteiger partial charge >= 0.3 is 0 Å². The van der Waals surface area contributed by atoms with Gasteiger partial charge in [0.1, 0.15) is 16.6 Å². The van der Waals surface area contributed by atoms with Gasteiger partial charge in [-0.15, -0.1) is 10.2 Å². The molecule has 30 heavy (non-hydrogen) atoms. The standard InChI is InChI=1S/C21H18F2N4O2S/c22-14-6-3-7-15(11-14)24-18(28)20-26-25-19(30-20)13-5-4-10-27(12-13)21(29)16-8-1-2-9-17(16)23/h1-3,6-9,11,13H,4-5,10,12H2,(H,24,28)/t13-/m1/s1. The molecule has 1 aliphatic heterocycles. The summed E-state index contributed by atoms with van der Waals surface area (Å²) in [5, 5.41) is 11.5. The predicted octanol–water partition coefficient (Wildman–Crippen LogP) is 4.09. The van der Waals surface area contributed by atoms with Gasteiger partial charge in [0.15, 0.2) is 0 Å². The van der Waals surface area contributed by atoms with Crippen LogP contribution >= 0.6 is 11.3 Å². The molecule has 1 saturated heterocycles. The molecule has 0 aliphatic carbocycles. The number of nitrogens with one attached hydrogen (secondary N) is 1. The molecule has 0 saturated carbocycles. The third kappa shape index (κ3) is 4.35. The summed E-state index contributed by atoms with van der Waals surface area (Å²) in [6.07, 6.45) is 1.54. The zero-order valence-corrected chi connectivity index (χ0v) is 16.7. The van der Waals surface area contributed by atoms with Crippen LogP contribution in [0.15, 0.2) is 48.5 Å². The highest BCUT2D eigenvalue weighted by molar-refractivity contribution is 7.13. The summed E-state index contributed by atoms with van der Waals surface area (Å²) in [6, 6.07) is 11.5. The lowest BCUT2D eigenvalue weighted by atomic mass is 9.98. The van der Waals surface area contributed by atoms with E-state index in [2.05, 4.69) is 15.5 Å². The lowest BCUT2D eigenvalue weighted by Gasteiger charge is -2.31. The molecule has 1 aliphatic rings. The normalized spacial score (nSPS) is 16.3. The minimum atomic E-state index is -0.545. The van der Waals surface area contributed by atoms with Gasteiger partial charge in [0.05, 0.1) is 5.56 Å². The van der Waals surface area contributed by atoms with Gasteiger partial charge in [0.2, 0.25) is 5.01 Å². The zero-order valence-electron chi connectivity index (χ0n) is 15.8. The van der Waals surface area contributed by atoms with Crippen molar-refractivity contribution in [3.8, 4) is 0 Å². The number of piperidine rings is 1. The van der Waals surface area contributed by atoms with E-state index < -0.39 is 17.5 Å². The van der Waals surface area contributed by atoms with Gasteiger partial charge in [-0.05, 0) is 43.2 Å². The Morgan fingerprint density at radius 1 is 1.10 bits per heavy atom. The number of likely N-dealkylation sites (tertiary alicyclic amines) is 1. The topological polar surface area (TPSA) is 75.2 Å². The molecule has 1 N–H and O–H groups in total. The Morgan fingerprint density at radius 2 is 1.93 bits per heavy atom. The minimum Gasteiger partial charge on any atom is -0.338 e. The van der Waals surface area contributed by atoms with Crippen molar-refractivity contribution in [2.75, 3.05) is 18.4 Å². The molecule has 4 rings (SSSR count). The molecule has 1 aromatic heterocycles. The number of nitrogens with zero attached hydrogens (tertiary/aromatic N) is 3. The van der Waals surface area contributed by atoms with Crippen molar-refractivity contribution in [1.82, 2.24) is 15.1 Å². The number of amides is 2. The smallest absolute Gasteiger partial charge is 0.286 e. The second-order valence-electron chi connectivity index (χ2n) is 6.98. The average Bonchev–Trinajstić information content (AvgIpc) is 3.24. The van der Waals surface area contributed by atoms with Crippen LogP contribution in [0.2, 0.25) is 0 Å². The number of carbonyl (C=O) groups excluding carboxylic acids is 2. The van der Waals surface area contributed by atoms with Gasteiger partial charge < -0.3 is 10.2 Å². The van der Waals surface area contributed by atoms with E-state index in [-0.39, 0.29) is 22.4 Å². The summed E-state index contributed by atoms with van der Waals surface area (Å²) >= 11 is 1.14. The highest BCUT2D eigenvalue weighted by atomic mass is 32.1. The monoisotopic (exact) mass is 428 g/mol. The molecule has 0 radical (unpaired) electrons. The first-order chi connectivity index (χ1) is 14.5. The van der Waals surface area contributed by atoms with Gasteiger partial charge in [-0.25, -0.2) is 8.78 Å². The maximum Gasteiger partial charge on any atom is 0.286 e. The highest BCUT2D eigenvalue weighted by Gasteiger charge is 2.29. The highest BCUT2D eigenvalue weighted by Crippen LogP contribution is 2.30. The SMILES string of the molecule is O=C(Nc1cccc(F)c1)c1nnc([C@@H]2CCCN(C(=O)c3ccccc3F)C2)s1. The second kappa shape index (κ2) is 8.66. The Balaban J connectivity index is 1.44. The van der Waals surface area contributed by atoms with E-state index in [0.717, 1.165) is 24.2 Å². The summed E-state index contributed by atoms with van der Waals surface area (Å²) < 4.78 is 27.3. The largest absolute Gasteiger partial charge is 0.338 e. The van der Waals surface area contributed by atoms with Gasteiger partial charge in [0, 0.05) is 24.7 Å². The van der Waals surface area contributed by atoms with Crippen molar-refractivity contribution in [2.24, 2.45) is 0 Å². The van der Waals surface area contributed by atoms with E-state index in [1.54, 1.807) is 23.1 Å². The van der Waals surface area contributed by atoms with Crippen molar-refractivity contribution in [3.05, 3.63) is 75.7 Å². The molecule has 2 heterocycles. The molecule has 0 bridgehead atoms. The third-order valence-corrected chi connectivity index (χ3v) is 5.96. The molecule has 1 atom stereocenters. The van der Waals surface area contributed by atoms with Crippen LogP contribution in [-0.2, 0) is 0 Å². The number of anilines is 1. The fraction of sp³-hybridized carbons (Fsp3) is 0.238. The predicted molar refractivity (Wildman–Crippen MR) is 109 cm³/mol. The minimum absolute atomic E-state index is 0.0468. The van der Waals surface area contributed by atoms with Crippen LogP contribution in [0.1, 0.15) is 43.9 Å². The van der Waals surface area contributed by atoms with Crippen molar-refractivity contribution >= 4 is 28.8 Å². The van der Waals surface area contributed by atoms with Crippen LogP contribution in [0.3, 0.4) is 0 Å². The summed E-state index contributed by atoms with van der Waals surface area (Å²) in [7, 11) is 0. The molecule has 1 fully saturated rings. The lowest BCUT2D eigenvalue weighted by Crippen LogP contribution is -2.39. The molecule has 2 aromatic carbocycles. The summed E-state index contributed by atoms with van der Waals surface area (Å²) in [6.45, 7) is 0.919. The van der Waals surface area contributed by atoms with Gasteiger partial charge in [-0.1, -0.05) is 29.5 Å². The van der Waals surface area contributed by atoms with E-state index in [9.17, 15) is 18.4 Å². The second-order valence-corrected chi connectivity index (χ2v) is 7.99. The van der Waals surface area contributed by atoms with E-state index in [1.165, 1.54) is 30.3 Å². The Hall–Kier alpha value is -3.20. The molecular weight excluding hydrogens is 410 g/mol. The Kier molecular flexibility index (Phi) is 5.80. The average molecular weight is 428 g/mol. The summed E-state index contributed by atoms with van der Waals surface area (Å²) in [5.41, 5.74) is 0.377. The maximum absolute atomic E-state index is 14.0. The van der Waals surface area contributed by atoms with Gasteiger partial charge in [-0.2, -0.15) is 0 Å². The number of hydrogen-bond acceptors (Lipinski definition) is 5. The van der Waals surface area contributed by atoms with E-state index in [0.29, 0.717) is 23.8 Å². The first-order valence-corrected chi connectivity index (χ1v) is 10.3. The Morgan fingerprint density at radius 3 is 2.73 bits per heavy atom. The number of halogens is 2. The van der Waals surface area contributed by atoms with Crippen LogP contribution in [0.4, 0.5) is 14.5 Å². The number of carbonyl (C=O) groups is 2. The number of aromatic nitrogens is 2. The first kappa shape index (κ1) is 20.1. The van der Waals surface area contributed by atoms with Crippen molar-refractivity contribution in [2.45, 2.75) is 18.8 Å². The molecule has 3 aromatic rings. The van der Waals surface area contributed by atoms with Crippen molar-refractivity contribution < 1.29 is 18.4 Å². The number of rotatable bonds is 4. The van der Waals surface area contributed by atoms with E-state index in [4.69, 9.17) is 0 Å².